The van der Waals surface area contributed by atoms with Crippen LogP contribution in [0.25, 0.3) is 11.3 Å². The van der Waals surface area contributed by atoms with Crippen LogP contribution in [0.5, 0.6) is 5.75 Å². The Bertz CT molecular complexity index is 1390. The maximum atomic E-state index is 13.1. The topological polar surface area (TPSA) is 146 Å². The molecule has 1 atom stereocenters. The minimum atomic E-state index is -0.263. The van der Waals surface area contributed by atoms with Crippen molar-refractivity contribution in [1.29, 1.82) is 5.41 Å². The fourth-order valence-corrected chi connectivity index (χ4v) is 4.18. The molecule has 0 spiro atoms. The molecule has 0 aliphatic carbocycles. The largest absolute Gasteiger partial charge is 0.497 e. The van der Waals surface area contributed by atoms with E-state index in [1.165, 1.54) is 17.3 Å². The highest BCUT2D eigenvalue weighted by Gasteiger charge is 2.30. The number of hydrogen-bond donors (Lipinski definition) is 4. The molecular formula is C26H26ClN7O3. The maximum absolute atomic E-state index is 13.1. The Hall–Kier alpha value is -4.44. The molecule has 3 aromatic rings. The summed E-state index contributed by atoms with van der Waals surface area (Å²) >= 11 is 6.34. The molecule has 1 aliphatic heterocycles. The third-order valence-electron chi connectivity index (χ3n) is 5.90. The molecule has 5 N–H and O–H groups in total. The Labute approximate surface area is 219 Å². The number of hydrogen-bond acceptors (Lipinski definition) is 8. The van der Waals surface area contributed by atoms with Crippen LogP contribution in [0.4, 0.5) is 5.95 Å². The van der Waals surface area contributed by atoms with E-state index in [1.807, 2.05) is 43.3 Å². The number of benzene rings is 2. The number of nitrogens with two attached hydrogens (primary N) is 1. The van der Waals surface area contributed by atoms with Gasteiger partial charge in [0.25, 0.3) is 5.91 Å². The molecule has 1 aromatic heterocycles. The molecular weight excluding hydrogens is 494 g/mol. The second-order valence-electron chi connectivity index (χ2n) is 8.38. The van der Waals surface area contributed by atoms with E-state index in [0.717, 1.165) is 17.3 Å². The van der Waals surface area contributed by atoms with Crippen LogP contribution in [0.3, 0.4) is 0 Å². The van der Waals surface area contributed by atoms with Gasteiger partial charge in [0, 0.05) is 30.1 Å². The highest BCUT2D eigenvalue weighted by molar-refractivity contribution is 6.33. The molecule has 37 heavy (non-hydrogen) atoms. The summed E-state index contributed by atoms with van der Waals surface area (Å²) in [6.45, 7) is 2.13. The summed E-state index contributed by atoms with van der Waals surface area (Å²) in [4.78, 5) is 35.9. The van der Waals surface area contributed by atoms with E-state index in [9.17, 15) is 9.59 Å². The zero-order chi connectivity index (χ0) is 26.5. The summed E-state index contributed by atoms with van der Waals surface area (Å²) in [5.74, 6) is 0.398. The van der Waals surface area contributed by atoms with Crippen molar-refractivity contribution in [2.45, 2.75) is 19.5 Å². The van der Waals surface area contributed by atoms with Crippen LogP contribution >= 0.6 is 11.6 Å². The number of methoxy groups -OCH3 is 1. The normalized spacial score (nSPS) is 13.6. The van der Waals surface area contributed by atoms with Crippen LogP contribution in [-0.4, -0.2) is 46.6 Å². The van der Waals surface area contributed by atoms with Gasteiger partial charge >= 0.3 is 0 Å². The third-order valence-corrected chi connectivity index (χ3v) is 6.18. The molecule has 0 saturated heterocycles. The first-order valence-corrected chi connectivity index (χ1v) is 11.8. The lowest BCUT2D eigenvalue weighted by Gasteiger charge is -2.19. The number of allylic oxidation sites excluding steroid dienone is 1. The van der Waals surface area contributed by atoms with Crippen molar-refractivity contribution >= 4 is 35.6 Å². The van der Waals surface area contributed by atoms with E-state index in [-0.39, 0.29) is 30.3 Å². The van der Waals surface area contributed by atoms with Crippen LogP contribution in [0.15, 0.2) is 60.6 Å². The van der Waals surface area contributed by atoms with Gasteiger partial charge in [-0.3, -0.25) is 9.59 Å². The lowest BCUT2D eigenvalue weighted by Crippen LogP contribution is -2.38. The molecule has 2 amide bonds. The van der Waals surface area contributed by atoms with Crippen molar-refractivity contribution in [3.63, 3.8) is 0 Å². The molecule has 0 radical (unpaired) electrons. The standard InChI is InChI=1S/C26H26ClN7O3/c1-15(16-4-3-5-20(8-16)37-2)31-23(35)14-34-13-18-7-6-17(9-21(18)25(34)36)24-22(27)12-30-26(33-24)32-19(10-28)11-29/h3-12,15,28H,13-14,29H2,1-2H3,(H,31,35)(H,30,32,33)/b19-11+,28-10?. The van der Waals surface area contributed by atoms with Gasteiger partial charge in [-0.25, -0.2) is 9.97 Å². The van der Waals surface area contributed by atoms with Crippen LogP contribution in [0.2, 0.25) is 5.02 Å². The number of carbonyl (C=O) groups is 2. The molecule has 1 aliphatic rings. The van der Waals surface area contributed by atoms with Crippen molar-refractivity contribution in [1.82, 2.24) is 20.2 Å². The third kappa shape index (κ3) is 5.70. The van der Waals surface area contributed by atoms with E-state index in [2.05, 4.69) is 20.6 Å². The Morgan fingerprint density at radius 2 is 2.14 bits per heavy atom. The molecule has 1 unspecified atom stereocenters. The van der Waals surface area contributed by atoms with Gasteiger partial charge in [0.05, 0.1) is 35.8 Å². The Kier molecular flexibility index (Phi) is 7.69. The van der Waals surface area contributed by atoms with Crippen LogP contribution < -0.4 is 21.1 Å². The number of ether oxygens (including phenoxy) is 1. The molecule has 0 bridgehead atoms. The van der Waals surface area contributed by atoms with Crippen LogP contribution in [-0.2, 0) is 11.3 Å². The number of nitrogens with zero attached hydrogens (tertiary/aromatic N) is 3. The summed E-state index contributed by atoms with van der Waals surface area (Å²) < 4.78 is 5.25. The van der Waals surface area contributed by atoms with Gasteiger partial charge in [-0.05, 0) is 36.2 Å². The highest BCUT2D eigenvalue weighted by Crippen LogP contribution is 2.31. The van der Waals surface area contributed by atoms with E-state index in [0.29, 0.717) is 39.8 Å². The first kappa shape index (κ1) is 25.6. The number of fused-ring (bicyclic) bond motifs is 1. The Morgan fingerprint density at radius 1 is 1.32 bits per heavy atom. The lowest BCUT2D eigenvalue weighted by molar-refractivity contribution is -0.122. The minimum Gasteiger partial charge on any atom is -0.497 e. The molecule has 190 valence electrons. The second-order valence-corrected chi connectivity index (χ2v) is 8.79. The summed E-state index contributed by atoms with van der Waals surface area (Å²) in [7, 11) is 1.59. The monoisotopic (exact) mass is 519 g/mol. The van der Waals surface area contributed by atoms with E-state index < -0.39 is 0 Å². The highest BCUT2D eigenvalue weighted by atomic mass is 35.5. The first-order chi connectivity index (χ1) is 17.8. The molecule has 4 rings (SSSR count). The van der Waals surface area contributed by atoms with Crippen molar-refractivity contribution < 1.29 is 14.3 Å². The average molecular weight is 520 g/mol. The van der Waals surface area contributed by atoms with Crippen molar-refractivity contribution in [2.75, 3.05) is 19.0 Å². The van der Waals surface area contributed by atoms with Gasteiger partial charge in [0.2, 0.25) is 11.9 Å². The van der Waals surface area contributed by atoms with Crippen molar-refractivity contribution in [2.24, 2.45) is 5.73 Å². The van der Waals surface area contributed by atoms with Gasteiger partial charge in [-0.1, -0.05) is 35.9 Å². The Balaban J connectivity index is 1.47. The maximum Gasteiger partial charge on any atom is 0.254 e. The predicted molar refractivity (Wildman–Crippen MR) is 141 cm³/mol. The van der Waals surface area contributed by atoms with Crippen molar-refractivity contribution in [3.8, 4) is 17.0 Å². The van der Waals surface area contributed by atoms with Gasteiger partial charge < -0.3 is 31.4 Å². The van der Waals surface area contributed by atoms with E-state index in [1.54, 1.807) is 13.2 Å². The summed E-state index contributed by atoms with van der Waals surface area (Å²) in [5.41, 5.74) is 9.01. The zero-order valence-corrected chi connectivity index (χ0v) is 21.0. The molecule has 10 nitrogen and oxygen atoms in total. The number of nitrogens with one attached hydrogen (secondary N) is 3. The number of aromatic nitrogens is 2. The van der Waals surface area contributed by atoms with Crippen LogP contribution in [0, 0.1) is 5.41 Å². The molecule has 0 fully saturated rings. The number of halogens is 1. The van der Waals surface area contributed by atoms with Crippen LogP contribution in [0.1, 0.15) is 34.5 Å². The average Bonchev–Trinajstić information content (AvgIpc) is 3.22. The minimum absolute atomic E-state index is 0.0721. The van der Waals surface area contributed by atoms with E-state index in [4.69, 9.17) is 27.5 Å². The first-order valence-electron chi connectivity index (χ1n) is 11.4. The predicted octanol–water partition coefficient (Wildman–Crippen LogP) is 3.50. The quantitative estimate of drug-likeness (QED) is 0.316. The van der Waals surface area contributed by atoms with Gasteiger partial charge in [-0.15, -0.1) is 0 Å². The summed E-state index contributed by atoms with van der Waals surface area (Å²) in [5, 5.41) is 13.4. The number of carbonyl (C=O) groups excluding carboxylic acids is 2. The van der Waals surface area contributed by atoms with Gasteiger partial charge in [0.15, 0.2) is 0 Å². The Morgan fingerprint density at radius 3 is 2.86 bits per heavy atom. The summed E-state index contributed by atoms with van der Waals surface area (Å²) in [6.07, 6.45) is 3.69. The SMILES string of the molecule is COc1cccc(C(C)NC(=O)CN2Cc3ccc(-c4nc(N/C(C=N)=C/N)ncc4Cl)cc3C2=O)c1. The zero-order valence-electron chi connectivity index (χ0n) is 20.3. The lowest BCUT2D eigenvalue weighted by atomic mass is 10.0. The van der Waals surface area contributed by atoms with Gasteiger partial charge in [-0.2, -0.15) is 0 Å². The number of rotatable bonds is 9. The number of anilines is 1. The molecule has 11 heteroatoms. The fraction of sp³-hybridized carbons (Fsp3) is 0.192. The van der Waals surface area contributed by atoms with Crippen molar-refractivity contribution in [3.05, 3.63) is 82.3 Å². The molecule has 0 saturated carbocycles. The molecule has 2 aromatic carbocycles. The second kappa shape index (κ2) is 11.1. The fourth-order valence-electron chi connectivity index (χ4n) is 3.98. The molecule has 2 heterocycles. The summed E-state index contributed by atoms with van der Waals surface area (Å²) in [6, 6.07) is 12.6. The van der Waals surface area contributed by atoms with E-state index >= 15 is 0 Å². The number of amides is 2. The smallest absolute Gasteiger partial charge is 0.254 e. The van der Waals surface area contributed by atoms with Gasteiger partial charge in [0.1, 0.15) is 12.3 Å².